The van der Waals surface area contributed by atoms with E-state index in [0.717, 1.165) is 89.6 Å². The molecular formula is C86H48N6O2. The van der Waals surface area contributed by atoms with Gasteiger partial charge in [-0.15, -0.1) is 0 Å². The Hall–Kier alpha value is -12.8. The SMILES string of the molecule is c1ccc2c(c1)Oc1cccc3nc(-c4ccc(-n5c6ccccc6c6c7ccc8ccccc8c7c7ccccc7c65)cc4)nc-2c13.c1ccc2c(c1)Oc1cccc3nc(-n4c5ccccc5c5c6c7ccccc7c7ccccc7c6c6ccccc6c54)nc-2c13. The van der Waals surface area contributed by atoms with Crippen LogP contribution < -0.4 is 9.47 Å². The molecule has 16 aromatic carbocycles. The van der Waals surface area contributed by atoms with E-state index in [1.807, 2.05) is 66.7 Å². The first-order valence-corrected chi connectivity index (χ1v) is 31.9. The predicted molar refractivity (Wildman–Crippen MR) is 387 cm³/mol. The summed E-state index contributed by atoms with van der Waals surface area (Å²) in [6.45, 7) is 0. The fourth-order valence-corrected chi connectivity index (χ4v) is 15.8. The molecule has 0 N–H and O–H groups in total. The number of hydrogen-bond acceptors (Lipinski definition) is 6. The highest BCUT2D eigenvalue weighted by molar-refractivity contribution is 6.43. The van der Waals surface area contributed by atoms with E-state index in [1.165, 1.54) is 108 Å². The molecule has 0 aliphatic carbocycles. The summed E-state index contributed by atoms with van der Waals surface area (Å²) in [5.74, 6) is 4.55. The van der Waals surface area contributed by atoms with Crippen LogP contribution in [0.2, 0.25) is 0 Å². The summed E-state index contributed by atoms with van der Waals surface area (Å²) in [5, 5.41) is 24.4. The molecule has 22 rings (SSSR count). The Labute approximate surface area is 536 Å². The highest BCUT2D eigenvalue weighted by Gasteiger charge is 2.29. The molecule has 0 saturated heterocycles. The van der Waals surface area contributed by atoms with Crippen molar-refractivity contribution in [2.45, 2.75) is 0 Å². The molecule has 434 valence electrons. The Bertz CT molecular complexity index is 6740. The van der Waals surface area contributed by atoms with Gasteiger partial charge in [-0.2, -0.15) is 0 Å². The molecule has 0 saturated carbocycles. The highest BCUT2D eigenvalue weighted by atomic mass is 16.5. The van der Waals surface area contributed by atoms with Crippen LogP contribution in [0.1, 0.15) is 0 Å². The second-order valence-corrected chi connectivity index (χ2v) is 24.6. The van der Waals surface area contributed by atoms with Gasteiger partial charge in [-0.1, -0.05) is 206 Å². The van der Waals surface area contributed by atoms with E-state index in [-0.39, 0.29) is 0 Å². The first-order chi connectivity index (χ1) is 46.7. The van der Waals surface area contributed by atoms with Gasteiger partial charge < -0.3 is 14.0 Å². The van der Waals surface area contributed by atoms with E-state index in [1.54, 1.807) is 0 Å². The van der Waals surface area contributed by atoms with Crippen LogP contribution in [0.4, 0.5) is 0 Å². The number of para-hydroxylation sites is 4. The van der Waals surface area contributed by atoms with Crippen LogP contribution >= 0.6 is 0 Å². The van der Waals surface area contributed by atoms with Gasteiger partial charge in [0.25, 0.3) is 0 Å². The van der Waals surface area contributed by atoms with Crippen molar-refractivity contribution < 1.29 is 9.47 Å². The molecule has 20 aromatic rings. The lowest BCUT2D eigenvalue weighted by atomic mass is 9.88. The van der Waals surface area contributed by atoms with Crippen LogP contribution in [0.3, 0.4) is 0 Å². The van der Waals surface area contributed by atoms with Gasteiger partial charge in [0.05, 0.1) is 55.3 Å². The summed E-state index contributed by atoms with van der Waals surface area (Å²) in [4.78, 5) is 20.8. The summed E-state index contributed by atoms with van der Waals surface area (Å²) in [7, 11) is 0. The Morgan fingerprint density at radius 2 is 0.702 bits per heavy atom. The summed E-state index contributed by atoms with van der Waals surface area (Å²) in [6, 6.07) is 103. The molecule has 8 heteroatoms. The maximum atomic E-state index is 6.32. The van der Waals surface area contributed by atoms with E-state index in [4.69, 9.17) is 29.4 Å². The molecule has 4 aromatic heterocycles. The van der Waals surface area contributed by atoms with Crippen molar-refractivity contribution in [1.29, 1.82) is 0 Å². The topological polar surface area (TPSA) is 79.9 Å². The quantitative estimate of drug-likeness (QED) is 0.164. The molecule has 0 unspecified atom stereocenters. The predicted octanol–water partition coefficient (Wildman–Crippen LogP) is 22.7. The van der Waals surface area contributed by atoms with Gasteiger partial charge in [0.15, 0.2) is 5.82 Å². The van der Waals surface area contributed by atoms with Crippen molar-refractivity contribution in [3.63, 3.8) is 0 Å². The monoisotopic (exact) mass is 1200 g/mol. The molecule has 6 heterocycles. The summed E-state index contributed by atoms with van der Waals surface area (Å²) in [6.07, 6.45) is 0. The second-order valence-electron chi connectivity index (χ2n) is 24.6. The summed E-state index contributed by atoms with van der Waals surface area (Å²) >= 11 is 0. The molecule has 0 spiro atoms. The van der Waals surface area contributed by atoms with Crippen LogP contribution in [0.5, 0.6) is 23.0 Å². The zero-order chi connectivity index (χ0) is 61.3. The lowest BCUT2D eigenvalue weighted by molar-refractivity contribution is 0.486. The molecule has 0 amide bonds. The number of benzene rings is 16. The molecule has 8 nitrogen and oxygen atoms in total. The van der Waals surface area contributed by atoms with E-state index < -0.39 is 0 Å². The van der Waals surface area contributed by atoms with Crippen LogP contribution in [-0.2, 0) is 0 Å². The Balaban J connectivity index is 0.000000126. The molecule has 0 fully saturated rings. The molecule has 2 aliphatic rings. The van der Waals surface area contributed by atoms with Crippen LogP contribution in [-0.4, -0.2) is 29.1 Å². The summed E-state index contributed by atoms with van der Waals surface area (Å²) < 4.78 is 17.2. The lowest BCUT2D eigenvalue weighted by Crippen LogP contribution is -2.06. The van der Waals surface area contributed by atoms with Gasteiger partial charge in [-0.3, -0.25) is 4.57 Å². The van der Waals surface area contributed by atoms with Crippen LogP contribution in [0.15, 0.2) is 291 Å². The summed E-state index contributed by atoms with van der Waals surface area (Å²) in [5.41, 5.74) is 12.2. The van der Waals surface area contributed by atoms with Crippen molar-refractivity contribution in [1.82, 2.24) is 29.1 Å². The van der Waals surface area contributed by atoms with Crippen molar-refractivity contribution in [2.24, 2.45) is 0 Å². The first kappa shape index (κ1) is 51.0. The highest BCUT2D eigenvalue weighted by Crippen LogP contribution is 2.51. The van der Waals surface area contributed by atoms with Crippen molar-refractivity contribution in [2.75, 3.05) is 0 Å². The van der Waals surface area contributed by atoms with E-state index in [2.05, 4.69) is 234 Å². The fourth-order valence-electron chi connectivity index (χ4n) is 15.8. The fraction of sp³-hybridized carbons (Fsp3) is 0. The molecule has 0 bridgehead atoms. The average Bonchev–Trinajstić information content (AvgIpc) is 1.47. The van der Waals surface area contributed by atoms with Gasteiger partial charge in [0.2, 0.25) is 5.95 Å². The minimum Gasteiger partial charge on any atom is -0.456 e. The average molecular weight is 1200 g/mol. The van der Waals surface area contributed by atoms with Crippen molar-refractivity contribution >= 4 is 141 Å². The largest absolute Gasteiger partial charge is 0.456 e. The molecule has 2 aliphatic heterocycles. The third kappa shape index (κ3) is 7.10. The number of nitrogens with zero attached hydrogens (tertiary/aromatic N) is 6. The van der Waals surface area contributed by atoms with E-state index >= 15 is 0 Å². The minimum atomic E-state index is 0.650. The third-order valence-corrected chi connectivity index (χ3v) is 19.7. The first-order valence-electron chi connectivity index (χ1n) is 31.9. The normalized spacial score (nSPS) is 12.4. The van der Waals surface area contributed by atoms with E-state index in [9.17, 15) is 0 Å². The standard InChI is InChI=1S/C44H25N3O.C42H23N3O/c1-2-11-29-26(10-1)22-25-34-39(29)30-12-3-4-13-31(30)43-40(34)32-14-5-7-17-36(32)47(43)28-23-20-27(21-24-28)44-45-35-16-9-19-38-41(35)42(46-44)33-15-6-8-18-37(33)48-38;1-3-14-26-24(12-1)25-13-2-4-15-27(25)37-36(26)28-16-5-6-17-29(28)41-38(37)30-18-7-9-21-33(30)45(41)42-43-32-20-11-23-35-39(32)40(44-42)31-19-8-10-22-34(31)46-35/h1-25H;1-23H. The van der Waals surface area contributed by atoms with Gasteiger partial charge in [-0.25, -0.2) is 19.9 Å². The lowest BCUT2D eigenvalue weighted by Gasteiger charge is -2.21. The second kappa shape index (κ2) is 19.4. The smallest absolute Gasteiger partial charge is 0.235 e. The van der Waals surface area contributed by atoms with Crippen LogP contribution in [0.25, 0.3) is 186 Å². The maximum Gasteiger partial charge on any atom is 0.235 e. The van der Waals surface area contributed by atoms with Crippen LogP contribution in [0, 0.1) is 0 Å². The number of ether oxygens (including phenoxy) is 2. The van der Waals surface area contributed by atoms with Gasteiger partial charge in [0, 0.05) is 60.1 Å². The zero-order valence-corrected chi connectivity index (χ0v) is 50.2. The van der Waals surface area contributed by atoms with Crippen molar-refractivity contribution in [3.05, 3.63) is 291 Å². The Morgan fingerprint density at radius 1 is 0.245 bits per heavy atom. The Morgan fingerprint density at radius 3 is 1.34 bits per heavy atom. The Kier molecular flexibility index (Phi) is 10.5. The van der Waals surface area contributed by atoms with Gasteiger partial charge >= 0.3 is 0 Å². The third-order valence-electron chi connectivity index (χ3n) is 19.7. The molecule has 0 radical (unpaired) electrons. The minimum absolute atomic E-state index is 0.650. The van der Waals surface area contributed by atoms with Gasteiger partial charge in [-0.05, 0) is 144 Å². The number of fused-ring (bicyclic) bond motifs is 27. The molecule has 0 atom stereocenters. The zero-order valence-electron chi connectivity index (χ0n) is 50.2. The molecular weight excluding hydrogens is 1150 g/mol. The van der Waals surface area contributed by atoms with E-state index in [0.29, 0.717) is 11.8 Å². The number of rotatable bonds is 3. The maximum absolute atomic E-state index is 6.32. The number of hydrogen-bond donors (Lipinski definition) is 0. The number of aromatic nitrogens is 6. The molecule has 94 heavy (non-hydrogen) atoms. The van der Waals surface area contributed by atoms with Gasteiger partial charge in [0.1, 0.15) is 23.0 Å². The van der Waals surface area contributed by atoms with Crippen molar-refractivity contribution in [3.8, 4) is 68.5 Å².